The van der Waals surface area contributed by atoms with Gasteiger partial charge in [-0.3, -0.25) is 4.79 Å². The lowest BCUT2D eigenvalue weighted by molar-refractivity contribution is -0.274. The molecule has 1 atom stereocenters. The quantitative estimate of drug-likeness (QED) is 0.781. The number of aromatic nitrogens is 4. The summed E-state index contributed by atoms with van der Waals surface area (Å²) in [6.07, 6.45) is -4.75. The lowest BCUT2D eigenvalue weighted by atomic mass is 10.3. The monoisotopic (exact) mass is 375 g/mol. The van der Waals surface area contributed by atoms with Gasteiger partial charge < -0.3 is 10.1 Å². The van der Waals surface area contributed by atoms with E-state index in [1.54, 1.807) is 11.6 Å². The SMILES string of the molecule is CC(Sc1nnnn1C(C)C)C(=O)Nc1ccc(OC(F)(F)F)cc1. The van der Waals surface area contributed by atoms with Crippen LogP contribution in [-0.2, 0) is 4.79 Å². The van der Waals surface area contributed by atoms with Crippen molar-refractivity contribution in [3.05, 3.63) is 24.3 Å². The number of amides is 1. The molecule has 1 N–H and O–H groups in total. The summed E-state index contributed by atoms with van der Waals surface area (Å²) in [5.74, 6) is -0.683. The Balaban J connectivity index is 1.95. The highest BCUT2D eigenvalue weighted by atomic mass is 32.2. The van der Waals surface area contributed by atoms with E-state index >= 15 is 0 Å². The Labute approximate surface area is 145 Å². The number of alkyl halides is 3. The number of nitrogens with zero attached hydrogens (tertiary/aromatic N) is 4. The van der Waals surface area contributed by atoms with Crippen LogP contribution in [0.25, 0.3) is 0 Å². The first kappa shape index (κ1) is 19.0. The molecule has 1 aromatic heterocycles. The Bertz CT molecular complexity index is 718. The lowest BCUT2D eigenvalue weighted by Crippen LogP contribution is -2.23. The normalized spacial score (nSPS) is 12.9. The van der Waals surface area contributed by atoms with Crippen molar-refractivity contribution >= 4 is 23.4 Å². The molecule has 0 spiro atoms. The number of thioether (sulfide) groups is 1. The average Bonchev–Trinajstić information content (AvgIpc) is 2.96. The van der Waals surface area contributed by atoms with Gasteiger partial charge in [0.25, 0.3) is 0 Å². The molecule has 0 bridgehead atoms. The average molecular weight is 375 g/mol. The first-order chi connectivity index (χ1) is 11.7. The van der Waals surface area contributed by atoms with E-state index in [1.165, 1.54) is 23.9 Å². The molecule has 2 rings (SSSR count). The number of carbonyl (C=O) groups is 1. The molecule has 11 heteroatoms. The molecular weight excluding hydrogens is 359 g/mol. The maximum Gasteiger partial charge on any atom is 0.573 e. The van der Waals surface area contributed by atoms with Gasteiger partial charge in [0.1, 0.15) is 5.75 Å². The minimum absolute atomic E-state index is 0.0499. The summed E-state index contributed by atoms with van der Waals surface area (Å²) >= 11 is 1.18. The number of ether oxygens (including phenoxy) is 1. The molecule has 1 aromatic carbocycles. The number of rotatable bonds is 6. The van der Waals surface area contributed by atoms with Gasteiger partial charge in [0.2, 0.25) is 11.1 Å². The molecule has 0 radical (unpaired) electrons. The molecule has 2 aromatic rings. The van der Waals surface area contributed by atoms with E-state index in [-0.39, 0.29) is 17.7 Å². The number of tetrazole rings is 1. The number of anilines is 1. The summed E-state index contributed by atoms with van der Waals surface area (Å²) < 4.78 is 41.7. The molecule has 7 nitrogen and oxygen atoms in total. The van der Waals surface area contributed by atoms with Crippen LogP contribution in [0.5, 0.6) is 5.75 Å². The highest BCUT2D eigenvalue weighted by molar-refractivity contribution is 8.00. The van der Waals surface area contributed by atoms with Crippen LogP contribution < -0.4 is 10.1 Å². The molecule has 0 fully saturated rings. The Kier molecular flexibility index (Phi) is 5.88. The number of hydrogen-bond donors (Lipinski definition) is 1. The van der Waals surface area contributed by atoms with Crippen molar-refractivity contribution in [2.75, 3.05) is 5.32 Å². The summed E-state index contributed by atoms with van der Waals surface area (Å²) in [5.41, 5.74) is 0.357. The van der Waals surface area contributed by atoms with Crippen LogP contribution in [0.3, 0.4) is 0 Å². The van der Waals surface area contributed by atoms with E-state index < -0.39 is 11.6 Å². The molecular formula is C14H16F3N5O2S. The Morgan fingerprint density at radius 1 is 1.24 bits per heavy atom. The fourth-order valence-electron chi connectivity index (χ4n) is 1.78. The van der Waals surface area contributed by atoms with E-state index in [1.807, 2.05) is 13.8 Å². The number of halogens is 3. The molecule has 0 aliphatic heterocycles. The minimum atomic E-state index is -4.75. The molecule has 1 unspecified atom stereocenters. The molecule has 0 aliphatic rings. The highest BCUT2D eigenvalue weighted by Crippen LogP contribution is 2.26. The third kappa shape index (κ3) is 5.62. The van der Waals surface area contributed by atoms with Crippen molar-refractivity contribution in [2.45, 2.75) is 43.6 Å². The van der Waals surface area contributed by atoms with Crippen LogP contribution >= 0.6 is 11.8 Å². The van der Waals surface area contributed by atoms with Crippen molar-refractivity contribution in [3.8, 4) is 5.75 Å². The maximum atomic E-state index is 12.2. The van der Waals surface area contributed by atoms with E-state index in [2.05, 4.69) is 25.6 Å². The van der Waals surface area contributed by atoms with Crippen LogP contribution in [0.15, 0.2) is 29.4 Å². The minimum Gasteiger partial charge on any atom is -0.406 e. The summed E-state index contributed by atoms with van der Waals surface area (Å²) in [5, 5.41) is 13.9. The first-order valence-corrected chi connectivity index (χ1v) is 8.15. The van der Waals surface area contributed by atoms with E-state index in [0.717, 1.165) is 12.1 Å². The highest BCUT2D eigenvalue weighted by Gasteiger charge is 2.31. The fraction of sp³-hybridized carbons (Fsp3) is 0.429. The maximum absolute atomic E-state index is 12.2. The van der Waals surface area contributed by atoms with Crippen LogP contribution in [-0.4, -0.2) is 37.7 Å². The van der Waals surface area contributed by atoms with E-state index in [4.69, 9.17) is 0 Å². The van der Waals surface area contributed by atoms with Gasteiger partial charge in [-0.15, -0.1) is 18.3 Å². The zero-order valence-electron chi connectivity index (χ0n) is 13.6. The number of benzene rings is 1. The van der Waals surface area contributed by atoms with Crippen LogP contribution in [0, 0.1) is 0 Å². The number of nitrogens with one attached hydrogen (secondary N) is 1. The topological polar surface area (TPSA) is 81.9 Å². The third-order valence-electron chi connectivity index (χ3n) is 2.96. The zero-order chi connectivity index (χ0) is 18.6. The molecule has 0 aliphatic carbocycles. The van der Waals surface area contributed by atoms with Gasteiger partial charge in [-0.05, 0) is 55.5 Å². The van der Waals surface area contributed by atoms with Crippen molar-refractivity contribution in [3.63, 3.8) is 0 Å². The molecule has 136 valence electrons. The van der Waals surface area contributed by atoms with E-state index in [9.17, 15) is 18.0 Å². The Hall–Kier alpha value is -2.30. The van der Waals surface area contributed by atoms with Crippen molar-refractivity contribution in [1.82, 2.24) is 20.2 Å². The molecule has 0 saturated heterocycles. The van der Waals surface area contributed by atoms with Crippen molar-refractivity contribution < 1.29 is 22.7 Å². The van der Waals surface area contributed by atoms with Gasteiger partial charge in [-0.1, -0.05) is 11.8 Å². The first-order valence-electron chi connectivity index (χ1n) is 7.27. The number of carbonyl (C=O) groups excluding carboxylic acids is 1. The Morgan fingerprint density at radius 2 is 1.88 bits per heavy atom. The van der Waals surface area contributed by atoms with Crippen molar-refractivity contribution in [1.29, 1.82) is 0 Å². The molecule has 0 saturated carbocycles. The van der Waals surface area contributed by atoms with Gasteiger partial charge in [0.15, 0.2) is 0 Å². The molecule has 1 heterocycles. The van der Waals surface area contributed by atoms with Crippen LogP contribution in [0.1, 0.15) is 26.8 Å². The number of hydrogen-bond acceptors (Lipinski definition) is 6. The predicted molar refractivity (Wildman–Crippen MR) is 85.3 cm³/mol. The van der Waals surface area contributed by atoms with E-state index in [0.29, 0.717) is 10.8 Å². The largest absolute Gasteiger partial charge is 0.573 e. The van der Waals surface area contributed by atoms with Crippen LogP contribution in [0.4, 0.5) is 18.9 Å². The second-order valence-corrected chi connectivity index (χ2v) is 6.63. The summed E-state index contributed by atoms with van der Waals surface area (Å²) in [7, 11) is 0. The zero-order valence-corrected chi connectivity index (χ0v) is 14.4. The van der Waals surface area contributed by atoms with Gasteiger partial charge in [-0.2, -0.15) is 0 Å². The van der Waals surface area contributed by atoms with Gasteiger partial charge in [0.05, 0.1) is 11.3 Å². The molecule has 1 amide bonds. The smallest absolute Gasteiger partial charge is 0.406 e. The van der Waals surface area contributed by atoms with Gasteiger partial charge >= 0.3 is 6.36 Å². The fourth-order valence-corrected chi connectivity index (χ4v) is 2.70. The summed E-state index contributed by atoms with van der Waals surface area (Å²) in [4.78, 5) is 12.2. The lowest BCUT2D eigenvalue weighted by Gasteiger charge is -2.13. The van der Waals surface area contributed by atoms with Crippen LogP contribution in [0.2, 0.25) is 0 Å². The second kappa shape index (κ2) is 7.72. The van der Waals surface area contributed by atoms with Gasteiger partial charge in [0, 0.05) is 5.69 Å². The second-order valence-electron chi connectivity index (χ2n) is 5.32. The summed E-state index contributed by atoms with van der Waals surface area (Å²) in [6.45, 7) is 5.51. The van der Waals surface area contributed by atoms with Gasteiger partial charge in [-0.25, -0.2) is 4.68 Å². The van der Waals surface area contributed by atoms with Crippen molar-refractivity contribution in [2.24, 2.45) is 0 Å². The third-order valence-corrected chi connectivity index (χ3v) is 4.01. The summed E-state index contributed by atoms with van der Waals surface area (Å²) in [6, 6.07) is 4.96. The predicted octanol–water partition coefficient (Wildman–Crippen LogP) is 3.27. The molecule has 25 heavy (non-hydrogen) atoms. The standard InChI is InChI=1S/C14H16F3N5O2S/c1-8(2)22-13(19-20-21-22)25-9(3)12(23)18-10-4-6-11(7-5-10)24-14(15,16)17/h4-9H,1-3H3,(H,18,23). The Morgan fingerprint density at radius 3 is 2.44 bits per heavy atom.